The lowest BCUT2D eigenvalue weighted by Crippen LogP contribution is -2.48. The van der Waals surface area contributed by atoms with Crippen LogP contribution < -0.4 is 4.90 Å². The molecule has 2 aromatic rings. The van der Waals surface area contributed by atoms with E-state index in [0.717, 1.165) is 55.1 Å². The topological polar surface area (TPSA) is 56.7 Å². The van der Waals surface area contributed by atoms with Crippen molar-refractivity contribution in [1.82, 2.24) is 9.88 Å². The van der Waals surface area contributed by atoms with E-state index in [-0.39, 0.29) is 5.91 Å². The Hall–Kier alpha value is -2.40. The number of carbonyl (C=O) groups excluding carboxylic acids is 1. The third-order valence-electron chi connectivity index (χ3n) is 5.22. The summed E-state index contributed by atoms with van der Waals surface area (Å²) in [5.74, 6) is 0.0933. The highest BCUT2D eigenvalue weighted by Gasteiger charge is 2.22. The SMILES string of the molecule is Cc1cc(N2CCN(C(=O)c3ccc(CCC(C)(C)O)cc3)CC2)cc(C)n1. The maximum absolute atomic E-state index is 12.8. The number of aromatic nitrogens is 1. The first kappa shape index (κ1) is 20.3. The molecular weight excluding hydrogens is 350 g/mol. The zero-order chi connectivity index (χ0) is 20.3. The minimum absolute atomic E-state index is 0.0933. The number of hydrogen-bond acceptors (Lipinski definition) is 4. The van der Waals surface area contributed by atoms with Crippen molar-refractivity contribution in [1.29, 1.82) is 0 Å². The van der Waals surface area contributed by atoms with Gasteiger partial charge >= 0.3 is 0 Å². The molecule has 0 bridgehead atoms. The number of aryl methyl sites for hydroxylation is 3. The van der Waals surface area contributed by atoms with Crippen molar-refractivity contribution in [3.05, 3.63) is 58.9 Å². The second-order valence-corrected chi connectivity index (χ2v) is 8.40. The standard InChI is InChI=1S/C23H31N3O2/c1-17-15-21(16-18(2)24-17)25-11-13-26(14-12-25)22(27)20-7-5-19(6-8-20)9-10-23(3,4)28/h5-8,15-16,28H,9-14H2,1-4H3. The van der Waals surface area contributed by atoms with E-state index in [1.807, 2.05) is 56.9 Å². The molecule has 0 spiro atoms. The number of rotatable bonds is 5. The molecule has 0 saturated carbocycles. The molecule has 0 aliphatic carbocycles. The molecule has 0 atom stereocenters. The third-order valence-corrected chi connectivity index (χ3v) is 5.22. The number of anilines is 1. The number of aliphatic hydroxyl groups is 1. The summed E-state index contributed by atoms with van der Waals surface area (Å²) in [4.78, 5) is 21.5. The molecule has 150 valence electrons. The molecule has 1 fully saturated rings. The van der Waals surface area contributed by atoms with Crippen LogP contribution in [0.15, 0.2) is 36.4 Å². The normalized spacial score (nSPS) is 15.0. The number of nitrogens with zero attached hydrogens (tertiary/aromatic N) is 3. The molecule has 0 radical (unpaired) electrons. The Kier molecular flexibility index (Phi) is 6.04. The minimum atomic E-state index is -0.667. The Morgan fingerprint density at radius 2 is 1.61 bits per heavy atom. The largest absolute Gasteiger partial charge is 0.390 e. The zero-order valence-corrected chi connectivity index (χ0v) is 17.4. The Morgan fingerprint density at radius 1 is 1.04 bits per heavy atom. The van der Waals surface area contributed by atoms with Gasteiger partial charge in [-0.15, -0.1) is 0 Å². The van der Waals surface area contributed by atoms with E-state index in [0.29, 0.717) is 6.42 Å². The monoisotopic (exact) mass is 381 g/mol. The maximum atomic E-state index is 12.8. The van der Waals surface area contributed by atoms with E-state index in [9.17, 15) is 9.90 Å². The van der Waals surface area contributed by atoms with Gasteiger partial charge in [-0.3, -0.25) is 9.78 Å². The summed E-state index contributed by atoms with van der Waals surface area (Å²) in [7, 11) is 0. The van der Waals surface area contributed by atoms with Gasteiger partial charge < -0.3 is 14.9 Å². The van der Waals surface area contributed by atoms with E-state index in [2.05, 4.69) is 22.0 Å². The molecule has 3 rings (SSSR count). The van der Waals surface area contributed by atoms with Gasteiger partial charge in [0, 0.05) is 48.8 Å². The molecule has 5 nitrogen and oxygen atoms in total. The van der Waals surface area contributed by atoms with Crippen molar-refractivity contribution in [2.75, 3.05) is 31.1 Å². The number of amides is 1. The second-order valence-electron chi connectivity index (χ2n) is 8.40. The first-order valence-corrected chi connectivity index (χ1v) is 10.0. The summed E-state index contributed by atoms with van der Waals surface area (Å²) in [6.07, 6.45) is 1.51. The van der Waals surface area contributed by atoms with Crippen LogP contribution in [-0.4, -0.2) is 52.7 Å². The van der Waals surface area contributed by atoms with Crippen molar-refractivity contribution in [2.24, 2.45) is 0 Å². The number of pyridine rings is 1. The van der Waals surface area contributed by atoms with Gasteiger partial charge in [0.05, 0.1) is 5.60 Å². The van der Waals surface area contributed by atoms with Crippen LogP contribution in [0.4, 0.5) is 5.69 Å². The van der Waals surface area contributed by atoms with E-state index in [1.54, 1.807) is 0 Å². The Balaban J connectivity index is 1.57. The lowest BCUT2D eigenvalue weighted by molar-refractivity contribution is 0.0711. The van der Waals surface area contributed by atoms with Crippen LogP contribution in [0.5, 0.6) is 0 Å². The van der Waals surface area contributed by atoms with Gasteiger partial charge in [-0.2, -0.15) is 0 Å². The highest BCUT2D eigenvalue weighted by molar-refractivity contribution is 5.94. The molecule has 1 aromatic heterocycles. The van der Waals surface area contributed by atoms with Crippen LogP contribution in [0.1, 0.15) is 47.6 Å². The molecule has 5 heteroatoms. The third kappa shape index (κ3) is 5.32. The Morgan fingerprint density at radius 3 is 2.14 bits per heavy atom. The van der Waals surface area contributed by atoms with Crippen molar-refractivity contribution in [3.63, 3.8) is 0 Å². The van der Waals surface area contributed by atoms with Crippen molar-refractivity contribution < 1.29 is 9.90 Å². The average Bonchev–Trinajstić information content (AvgIpc) is 2.65. The first-order chi connectivity index (χ1) is 13.2. The van der Waals surface area contributed by atoms with Gasteiger partial charge in [-0.05, 0) is 70.4 Å². The zero-order valence-electron chi connectivity index (χ0n) is 17.4. The van der Waals surface area contributed by atoms with Crippen LogP contribution in [0.2, 0.25) is 0 Å². The molecule has 28 heavy (non-hydrogen) atoms. The van der Waals surface area contributed by atoms with Crippen molar-refractivity contribution in [3.8, 4) is 0 Å². The fourth-order valence-electron chi connectivity index (χ4n) is 3.61. The Bertz CT molecular complexity index is 796. The summed E-state index contributed by atoms with van der Waals surface area (Å²) >= 11 is 0. The molecule has 2 heterocycles. The smallest absolute Gasteiger partial charge is 0.253 e. The summed E-state index contributed by atoms with van der Waals surface area (Å²) < 4.78 is 0. The van der Waals surface area contributed by atoms with Crippen LogP contribution >= 0.6 is 0 Å². The van der Waals surface area contributed by atoms with E-state index >= 15 is 0 Å². The molecule has 1 aliphatic heterocycles. The van der Waals surface area contributed by atoms with Crippen LogP contribution in [0.25, 0.3) is 0 Å². The summed E-state index contributed by atoms with van der Waals surface area (Å²) in [5, 5.41) is 9.86. The fourth-order valence-corrected chi connectivity index (χ4v) is 3.61. The molecular formula is C23H31N3O2. The van der Waals surface area contributed by atoms with Gasteiger partial charge in [0.25, 0.3) is 5.91 Å². The number of hydrogen-bond donors (Lipinski definition) is 1. The van der Waals surface area contributed by atoms with Gasteiger partial charge in [0.2, 0.25) is 0 Å². The summed E-state index contributed by atoms with van der Waals surface area (Å²) in [5.41, 5.74) is 4.45. The van der Waals surface area contributed by atoms with E-state index in [4.69, 9.17) is 0 Å². The van der Waals surface area contributed by atoms with Crippen molar-refractivity contribution in [2.45, 2.75) is 46.1 Å². The first-order valence-electron chi connectivity index (χ1n) is 10.0. The van der Waals surface area contributed by atoms with Crippen molar-refractivity contribution >= 4 is 11.6 Å². The average molecular weight is 382 g/mol. The minimum Gasteiger partial charge on any atom is -0.390 e. The summed E-state index contributed by atoms with van der Waals surface area (Å²) in [6.45, 7) is 10.8. The second kappa shape index (κ2) is 8.31. The van der Waals surface area contributed by atoms with E-state index in [1.165, 1.54) is 5.69 Å². The van der Waals surface area contributed by atoms with E-state index < -0.39 is 5.60 Å². The number of carbonyl (C=O) groups is 1. The molecule has 1 aliphatic rings. The maximum Gasteiger partial charge on any atom is 0.253 e. The Labute approximate surface area is 168 Å². The molecule has 0 unspecified atom stereocenters. The molecule has 1 saturated heterocycles. The summed E-state index contributed by atoms with van der Waals surface area (Å²) in [6, 6.07) is 12.0. The molecule has 1 amide bonds. The number of piperazine rings is 1. The van der Waals surface area contributed by atoms with Gasteiger partial charge in [0.15, 0.2) is 0 Å². The van der Waals surface area contributed by atoms with Crippen LogP contribution in [-0.2, 0) is 6.42 Å². The molecule has 1 N–H and O–H groups in total. The predicted molar refractivity (Wildman–Crippen MR) is 113 cm³/mol. The highest BCUT2D eigenvalue weighted by Crippen LogP contribution is 2.20. The van der Waals surface area contributed by atoms with Crippen LogP contribution in [0, 0.1) is 13.8 Å². The molecule has 1 aromatic carbocycles. The van der Waals surface area contributed by atoms with Gasteiger partial charge in [-0.25, -0.2) is 0 Å². The number of benzene rings is 1. The quantitative estimate of drug-likeness (QED) is 0.863. The lowest BCUT2D eigenvalue weighted by Gasteiger charge is -2.36. The van der Waals surface area contributed by atoms with Gasteiger partial charge in [-0.1, -0.05) is 12.1 Å². The fraction of sp³-hybridized carbons (Fsp3) is 0.478. The highest BCUT2D eigenvalue weighted by atomic mass is 16.3. The van der Waals surface area contributed by atoms with Gasteiger partial charge in [0.1, 0.15) is 0 Å². The lowest BCUT2D eigenvalue weighted by atomic mass is 9.98. The van der Waals surface area contributed by atoms with Crippen LogP contribution in [0.3, 0.4) is 0 Å². The predicted octanol–water partition coefficient (Wildman–Crippen LogP) is 3.36.